The molecule has 18 heavy (non-hydrogen) atoms. The van der Waals surface area contributed by atoms with Crippen LogP contribution in [0.5, 0.6) is 0 Å². The van der Waals surface area contributed by atoms with E-state index < -0.39 is 29.3 Å². The Morgan fingerprint density at radius 2 is 1.78 bits per heavy atom. The standard InChI is InChI=1S/C12H21NO5/c1-5-18-9(15)7-6-8(14)13-10(11(16)17)12(2,3)4/h10H,5-7H2,1-4H3,(H,13,14)(H,16,17). The number of amides is 1. The number of rotatable bonds is 6. The van der Waals surface area contributed by atoms with E-state index in [9.17, 15) is 14.4 Å². The Balaban J connectivity index is 4.28. The number of hydrogen-bond acceptors (Lipinski definition) is 4. The molecule has 1 unspecified atom stereocenters. The van der Waals surface area contributed by atoms with Gasteiger partial charge in [0, 0.05) is 6.42 Å². The van der Waals surface area contributed by atoms with Gasteiger partial charge >= 0.3 is 11.9 Å². The topological polar surface area (TPSA) is 92.7 Å². The molecular formula is C12H21NO5. The largest absolute Gasteiger partial charge is 0.480 e. The monoisotopic (exact) mass is 259 g/mol. The minimum atomic E-state index is -1.09. The van der Waals surface area contributed by atoms with E-state index in [1.807, 2.05) is 0 Å². The van der Waals surface area contributed by atoms with E-state index in [2.05, 4.69) is 10.1 Å². The summed E-state index contributed by atoms with van der Waals surface area (Å²) in [7, 11) is 0. The average Bonchev–Trinajstić information content (AvgIpc) is 2.21. The summed E-state index contributed by atoms with van der Waals surface area (Å²) in [6.07, 6.45) is -0.116. The number of carbonyl (C=O) groups is 3. The Hall–Kier alpha value is -1.59. The van der Waals surface area contributed by atoms with Crippen molar-refractivity contribution in [2.75, 3.05) is 6.61 Å². The molecule has 104 valence electrons. The van der Waals surface area contributed by atoms with Gasteiger partial charge in [-0.3, -0.25) is 9.59 Å². The van der Waals surface area contributed by atoms with Gasteiger partial charge in [-0.2, -0.15) is 0 Å². The van der Waals surface area contributed by atoms with Gasteiger partial charge in [-0.1, -0.05) is 20.8 Å². The van der Waals surface area contributed by atoms with E-state index in [4.69, 9.17) is 5.11 Å². The van der Waals surface area contributed by atoms with Crippen LogP contribution in [0.4, 0.5) is 0 Å². The maximum absolute atomic E-state index is 11.5. The van der Waals surface area contributed by atoms with Crippen molar-refractivity contribution in [3.8, 4) is 0 Å². The molecule has 0 aliphatic heterocycles. The van der Waals surface area contributed by atoms with Gasteiger partial charge in [-0.15, -0.1) is 0 Å². The molecule has 0 fully saturated rings. The molecule has 0 aliphatic carbocycles. The first-order valence-electron chi connectivity index (χ1n) is 5.86. The lowest BCUT2D eigenvalue weighted by Crippen LogP contribution is -2.49. The molecule has 6 heteroatoms. The molecule has 0 aromatic carbocycles. The Morgan fingerprint density at radius 3 is 2.17 bits per heavy atom. The summed E-state index contributed by atoms with van der Waals surface area (Å²) in [5.74, 6) is -2.02. The molecule has 2 N–H and O–H groups in total. The Kier molecular flexibility index (Phi) is 6.36. The summed E-state index contributed by atoms with van der Waals surface area (Å²) < 4.78 is 4.68. The zero-order valence-electron chi connectivity index (χ0n) is 11.3. The number of ether oxygens (including phenoxy) is 1. The van der Waals surface area contributed by atoms with Gasteiger partial charge in [-0.05, 0) is 12.3 Å². The summed E-state index contributed by atoms with van der Waals surface area (Å²) in [5, 5.41) is 11.4. The highest BCUT2D eigenvalue weighted by atomic mass is 16.5. The zero-order valence-corrected chi connectivity index (χ0v) is 11.3. The lowest BCUT2D eigenvalue weighted by Gasteiger charge is -2.27. The fraction of sp³-hybridized carbons (Fsp3) is 0.750. The van der Waals surface area contributed by atoms with Gasteiger partial charge in [0.25, 0.3) is 0 Å². The van der Waals surface area contributed by atoms with Crippen LogP contribution in [0.2, 0.25) is 0 Å². The van der Waals surface area contributed by atoms with Crippen molar-refractivity contribution >= 4 is 17.8 Å². The first-order valence-corrected chi connectivity index (χ1v) is 5.86. The molecule has 0 rings (SSSR count). The van der Waals surface area contributed by atoms with Crippen molar-refractivity contribution < 1.29 is 24.2 Å². The van der Waals surface area contributed by atoms with Crippen molar-refractivity contribution in [3.05, 3.63) is 0 Å². The van der Waals surface area contributed by atoms with E-state index >= 15 is 0 Å². The van der Waals surface area contributed by atoms with Crippen molar-refractivity contribution in [1.82, 2.24) is 5.32 Å². The van der Waals surface area contributed by atoms with E-state index in [0.717, 1.165) is 0 Å². The summed E-state index contributed by atoms with van der Waals surface area (Å²) in [4.78, 5) is 33.6. The fourth-order valence-electron chi connectivity index (χ4n) is 1.33. The Labute approximate surface area is 107 Å². The molecule has 0 bridgehead atoms. The molecule has 6 nitrogen and oxygen atoms in total. The number of esters is 1. The molecule has 0 spiro atoms. The van der Waals surface area contributed by atoms with Gasteiger partial charge in [0.15, 0.2) is 0 Å². The maximum atomic E-state index is 11.5. The predicted octanol–water partition coefficient (Wildman–Crippen LogP) is 0.945. The third-order valence-electron chi connectivity index (χ3n) is 2.28. The van der Waals surface area contributed by atoms with Gasteiger partial charge in [0.1, 0.15) is 6.04 Å². The Morgan fingerprint density at radius 1 is 1.22 bits per heavy atom. The molecular weight excluding hydrogens is 238 g/mol. The smallest absolute Gasteiger partial charge is 0.326 e. The molecule has 0 aliphatic rings. The lowest BCUT2D eigenvalue weighted by molar-refractivity contribution is -0.146. The van der Waals surface area contributed by atoms with Crippen LogP contribution < -0.4 is 5.32 Å². The molecule has 0 aromatic heterocycles. The quantitative estimate of drug-likeness (QED) is 0.693. The van der Waals surface area contributed by atoms with Gasteiger partial charge in [0.2, 0.25) is 5.91 Å². The second kappa shape index (κ2) is 6.98. The summed E-state index contributed by atoms with van der Waals surface area (Å²) in [6.45, 7) is 7.10. The van der Waals surface area contributed by atoms with E-state index in [1.54, 1.807) is 27.7 Å². The predicted molar refractivity (Wildman–Crippen MR) is 64.9 cm³/mol. The minimum absolute atomic E-state index is 0.0455. The highest BCUT2D eigenvalue weighted by Gasteiger charge is 2.32. The van der Waals surface area contributed by atoms with Crippen molar-refractivity contribution in [2.24, 2.45) is 5.41 Å². The second-order valence-corrected chi connectivity index (χ2v) is 5.01. The molecule has 0 aromatic rings. The fourth-order valence-corrected chi connectivity index (χ4v) is 1.33. The summed E-state index contributed by atoms with van der Waals surface area (Å²) in [5.41, 5.74) is -0.592. The summed E-state index contributed by atoms with van der Waals surface area (Å²) in [6, 6.07) is -0.979. The normalized spacial score (nSPS) is 12.7. The van der Waals surface area contributed by atoms with Crippen LogP contribution in [-0.4, -0.2) is 35.6 Å². The van der Waals surface area contributed by atoms with Gasteiger partial charge in [-0.25, -0.2) is 4.79 Å². The Bertz CT molecular complexity index is 319. The number of carbonyl (C=O) groups excluding carboxylic acids is 2. The maximum Gasteiger partial charge on any atom is 0.326 e. The average molecular weight is 259 g/mol. The molecule has 0 saturated heterocycles. The number of nitrogens with one attached hydrogen (secondary N) is 1. The molecule has 1 amide bonds. The van der Waals surface area contributed by atoms with Crippen molar-refractivity contribution in [3.63, 3.8) is 0 Å². The SMILES string of the molecule is CCOC(=O)CCC(=O)NC(C(=O)O)C(C)(C)C. The first kappa shape index (κ1) is 16.4. The highest BCUT2D eigenvalue weighted by molar-refractivity contribution is 5.86. The lowest BCUT2D eigenvalue weighted by atomic mass is 9.86. The van der Waals surface area contributed by atoms with E-state index in [1.165, 1.54) is 0 Å². The van der Waals surface area contributed by atoms with Crippen LogP contribution in [0.3, 0.4) is 0 Å². The molecule has 0 saturated carbocycles. The van der Waals surface area contributed by atoms with Crippen molar-refractivity contribution in [2.45, 2.75) is 46.6 Å². The van der Waals surface area contributed by atoms with Crippen LogP contribution in [0.15, 0.2) is 0 Å². The van der Waals surface area contributed by atoms with Crippen molar-refractivity contribution in [1.29, 1.82) is 0 Å². The third-order valence-corrected chi connectivity index (χ3v) is 2.28. The highest BCUT2D eigenvalue weighted by Crippen LogP contribution is 2.19. The number of carboxylic acid groups (broad SMARTS) is 1. The van der Waals surface area contributed by atoms with Crippen LogP contribution in [0.25, 0.3) is 0 Å². The van der Waals surface area contributed by atoms with E-state index in [0.29, 0.717) is 0 Å². The van der Waals surface area contributed by atoms with Crippen LogP contribution in [0, 0.1) is 5.41 Å². The number of aliphatic carboxylic acids is 1. The minimum Gasteiger partial charge on any atom is -0.480 e. The summed E-state index contributed by atoms with van der Waals surface area (Å²) >= 11 is 0. The third kappa shape index (κ3) is 6.22. The van der Waals surface area contributed by atoms with Gasteiger partial charge in [0.05, 0.1) is 13.0 Å². The second-order valence-electron chi connectivity index (χ2n) is 5.01. The number of hydrogen-bond donors (Lipinski definition) is 2. The van der Waals surface area contributed by atoms with E-state index in [-0.39, 0.29) is 19.4 Å². The number of carboxylic acids is 1. The zero-order chi connectivity index (χ0) is 14.3. The molecule has 0 radical (unpaired) electrons. The molecule has 0 heterocycles. The van der Waals surface area contributed by atoms with Gasteiger partial charge < -0.3 is 15.2 Å². The van der Waals surface area contributed by atoms with Crippen LogP contribution in [0.1, 0.15) is 40.5 Å². The van der Waals surface area contributed by atoms with Crippen LogP contribution in [-0.2, 0) is 19.1 Å². The first-order chi connectivity index (χ1) is 8.18. The van der Waals surface area contributed by atoms with Crippen LogP contribution >= 0.6 is 0 Å². The molecule has 1 atom stereocenters.